The average Bonchev–Trinajstić information content (AvgIpc) is 1.86. The summed E-state index contributed by atoms with van der Waals surface area (Å²) >= 11 is 5.54. The van der Waals surface area contributed by atoms with Crippen molar-refractivity contribution < 1.29 is 0 Å². The van der Waals surface area contributed by atoms with Crippen LogP contribution in [0.1, 0.15) is 26.2 Å². The van der Waals surface area contributed by atoms with E-state index < -0.39 is 0 Å². The number of halogens is 1. The molecule has 0 aromatic heterocycles. The van der Waals surface area contributed by atoms with Gasteiger partial charge in [0.2, 0.25) is 0 Å². The van der Waals surface area contributed by atoms with Gasteiger partial charge in [0.1, 0.15) is 0 Å². The number of hydrogen-bond donors (Lipinski definition) is 0. The summed E-state index contributed by atoms with van der Waals surface area (Å²) in [5, 5.41) is 6.09. The summed E-state index contributed by atoms with van der Waals surface area (Å²) in [5.41, 5.74) is 1.18. The van der Waals surface area contributed by atoms with Gasteiger partial charge in [0.25, 0.3) is 0 Å². The van der Waals surface area contributed by atoms with Crippen molar-refractivity contribution in [3.8, 4) is 0 Å². The minimum absolute atomic E-state index is 0.759. The van der Waals surface area contributed by atoms with Crippen molar-refractivity contribution in [1.29, 1.82) is 0 Å². The van der Waals surface area contributed by atoms with Gasteiger partial charge >= 0.3 is 0 Å². The Kier molecular flexibility index (Phi) is 6.33. The average molecular weight is 177 g/mol. The lowest BCUT2D eigenvalue weighted by Gasteiger charge is -2.06. The molecular weight excluding hydrogens is 160 g/mol. The maximum Gasteiger partial charge on any atom is 0.0349 e. The SMILES string of the molecule is CC(CCCCCl)=NN(C)C. The van der Waals surface area contributed by atoms with Crippen LogP contribution in [-0.4, -0.2) is 30.7 Å². The molecule has 0 spiro atoms. The molecule has 0 radical (unpaired) electrons. The third-order valence-electron chi connectivity index (χ3n) is 1.29. The lowest BCUT2D eigenvalue weighted by Crippen LogP contribution is -2.06. The Morgan fingerprint density at radius 1 is 1.36 bits per heavy atom. The van der Waals surface area contributed by atoms with Crippen molar-refractivity contribution in [3.05, 3.63) is 0 Å². The van der Waals surface area contributed by atoms with Crippen molar-refractivity contribution >= 4 is 17.3 Å². The third kappa shape index (κ3) is 7.66. The number of nitrogens with zero attached hydrogens (tertiary/aromatic N) is 2. The summed E-state index contributed by atoms with van der Waals surface area (Å²) in [6.07, 6.45) is 3.29. The number of hydrazone groups is 1. The van der Waals surface area contributed by atoms with Gasteiger partial charge in [-0.2, -0.15) is 5.10 Å². The molecule has 66 valence electrons. The molecule has 0 heterocycles. The second-order valence-corrected chi connectivity index (χ2v) is 3.21. The highest BCUT2D eigenvalue weighted by molar-refractivity contribution is 6.17. The maximum absolute atomic E-state index is 5.54. The van der Waals surface area contributed by atoms with Gasteiger partial charge < -0.3 is 5.01 Å². The molecule has 0 aromatic carbocycles. The van der Waals surface area contributed by atoms with E-state index in [1.807, 2.05) is 26.0 Å². The first-order chi connectivity index (χ1) is 5.16. The summed E-state index contributed by atoms with van der Waals surface area (Å²) in [7, 11) is 3.87. The Bertz CT molecular complexity index is 121. The molecule has 0 saturated carbocycles. The summed E-state index contributed by atoms with van der Waals surface area (Å²) < 4.78 is 0. The molecule has 0 aliphatic carbocycles. The number of alkyl halides is 1. The van der Waals surface area contributed by atoms with E-state index in [0.717, 1.165) is 25.1 Å². The molecule has 2 nitrogen and oxygen atoms in total. The molecule has 0 atom stereocenters. The van der Waals surface area contributed by atoms with Crippen LogP contribution in [0.4, 0.5) is 0 Å². The zero-order valence-corrected chi connectivity index (χ0v) is 8.36. The summed E-state index contributed by atoms with van der Waals surface area (Å²) in [5.74, 6) is 0.759. The fourth-order valence-electron chi connectivity index (χ4n) is 0.867. The number of hydrogen-bond acceptors (Lipinski definition) is 2. The van der Waals surface area contributed by atoms with Gasteiger partial charge in [-0.25, -0.2) is 0 Å². The molecule has 0 rings (SSSR count). The van der Waals surface area contributed by atoms with E-state index in [1.54, 1.807) is 0 Å². The van der Waals surface area contributed by atoms with E-state index in [2.05, 4.69) is 5.10 Å². The zero-order chi connectivity index (χ0) is 8.69. The van der Waals surface area contributed by atoms with Crippen LogP contribution in [-0.2, 0) is 0 Å². The molecule has 0 fully saturated rings. The van der Waals surface area contributed by atoms with Crippen LogP contribution in [0.15, 0.2) is 5.10 Å². The van der Waals surface area contributed by atoms with Crippen LogP contribution in [0.2, 0.25) is 0 Å². The van der Waals surface area contributed by atoms with Gasteiger partial charge in [0, 0.05) is 25.7 Å². The molecule has 0 aromatic rings. The minimum Gasteiger partial charge on any atom is -0.303 e. The van der Waals surface area contributed by atoms with Gasteiger partial charge in [0.05, 0.1) is 0 Å². The number of rotatable bonds is 5. The quantitative estimate of drug-likeness (QED) is 0.272. The predicted molar refractivity (Wildman–Crippen MR) is 51.4 cm³/mol. The predicted octanol–water partition coefficient (Wildman–Crippen LogP) is 2.33. The summed E-state index contributed by atoms with van der Waals surface area (Å²) in [6.45, 7) is 2.05. The van der Waals surface area contributed by atoms with Crippen LogP contribution in [0.3, 0.4) is 0 Å². The first-order valence-electron chi connectivity index (χ1n) is 3.94. The molecule has 0 aliphatic heterocycles. The van der Waals surface area contributed by atoms with Crippen LogP contribution in [0.25, 0.3) is 0 Å². The van der Waals surface area contributed by atoms with Crippen molar-refractivity contribution in [2.75, 3.05) is 20.0 Å². The molecule has 0 bridgehead atoms. The lowest BCUT2D eigenvalue weighted by molar-refractivity contribution is 0.435. The minimum atomic E-state index is 0.759. The molecule has 0 N–H and O–H groups in total. The summed E-state index contributed by atoms with van der Waals surface area (Å²) in [6, 6.07) is 0. The summed E-state index contributed by atoms with van der Waals surface area (Å²) in [4.78, 5) is 0. The standard InChI is InChI=1S/C8H17ClN2/c1-8(10-11(2)3)6-4-5-7-9/h4-7H2,1-3H3. The molecule has 11 heavy (non-hydrogen) atoms. The van der Waals surface area contributed by atoms with Crippen molar-refractivity contribution in [2.45, 2.75) is 26.2 Å². The van der Waals surface area contributed by atoms with Crippen molar-refractivity contribution in [2.24, 2.45) is 5.10 Å². The first kappa shape index (κ1) is 10.8. The van der Waals surface area contributed by atoms with Gasteiger partial charge in [-0.3, -0.25) is 0 Å². The van der Waals surface area contributed by atoms with Gasteiger partial charge in [-0.1, -0.05) is 0 Å². The van der Waals surface area contributed by atoms with E-state index in [9.17, 15) is 0 Å². The Morgan fingerprint density at radius 3 is 2.45 bits per heavy atom. The van der Waals surface area contributed by atoms with Gasteiger partial charge in [-0.15, -0.1) is 11.6 Å². The second-order valence-electron chi connectivity index (χ2n) is 2.83. The van der Waals surface area contributed by atoms with E-state index in [4.69, 9.17) is 11.6 Å². The molecule has 0 amide bonds. The molecule has 0 saturated heterocycles. The molecule has 0 aliphatic rings. The monoisotopic (exact) mass is 176 g/mol. The maximum atomic E-state index is 5.54. The second kappa shape index (κ2) is 6.47. The Morgan fingerprint density at radius 2 is 2.00 bits per heavy atom. The highest BCUT2D eigenvalue weighted by atomic mass is 35.5. The smallest absolute Gasteiger partial charge is 0.0349 e. The Labute approximate surface area is 74.2 Å². The highest BCUT2D eigenvalue weighted by Crippen LogP contribution is 1.99. The molecule has 3 heteroatoms. The molecular formula is C8H17ClN2. The van der Waals surface area contributed by atoms with Crippen molar-refractivity contribution in [3.63, 3.8) is 0 Å². The van der Waals surface area contributed by atoms with Gasteiger partial charge in [0.15, 0.2) is 0 Å². The largest absolute Gasteiger partial charge is 0.303 e. The zero-order valence-electron chi connectivity index (χ0n) is 7.60. The Hall–Kier alpha value is -0.240. The van der Waals surface area contributed by atoms with Crippen LogP contribution >= 0.6 is 11.6 Å². The first-order valence-corrected chi connectivity index (χ1v) is 4.47. The normalized spacial score (nSPS) is 11.8. The van der Waals surface area contributed by atoms with Crippen molar-refractivity contribution in [1.82, 2.24) is 5.01 Å². The Balaban J connectivity index is 3.43. The van der Waals surface area contributed by atoms with E-state index in [-0.39, 0.29) is 0 Å². The van der Waals surface area contributed by atoms with E-state index >= 15 is 0 Å². The highest BCUT2D eigenvalue weighted by Gasteiger charge is 1.92. The van der Waals surface area contributed by atoms with Gasteiger partial charge in [-0.05, 0) is 26.2 Å². The fraction of sp³-hybridized carbons (Fsp3) is 0.875. The molecule has 0 unspecified atom stereocenters. The topological polar surface area (TPSA) is 15.6 Å². The fourth-order valence-corrected chi connectivity index (χ4v) is 1.06. The third-order valence-corrected chi connectivity index (χ3v) is 1.56. The van der Waals surface area contributed by atoms with Crippen LogP contribution in [0, 0.1) is 0 Å². The van der Waals surface area contributed by atoms with E-state index in [0.29, 0.717) is 0 Å². The van der Waals surface area contributed by atoms with E-state index in [1.165, 1.54) is 5.71 Å². The number of unbranched alkanes of at least 4 members (excludes halogenated alkanes) is 1. The van der Waals surface area contributed by atoms with Crippen LogP contribution < -0.4 is 0 Å². The van der Waals surface area contributed by atoms with Crippen LogP contribution in [0.5, 0.6) is 0 Å². The lowest BCUT2D eigenvalue weighted by atomic mass is 10.2.